The van der Waals surface area contributed by atoms with Crippen molar-refractivity contribution in [2.75, 3.05) is 19.6 Å². The van der Waals surface area contributed by atoms with Gasteiger partial charge in [0.25, 0.3) is 10.2 Å². The summed E-state index contributed by atoms with van der Waals surface area (Å²) in [7, 11) is -3.44. The van der Waals surface area contributed by atoms with Crippen LogP contribution in [0.4, 0.5) is 0 Å². The summed E-state index contributed by atoms with van der Waals surface area (Å²) in [5, 5.41) is 7.41. The van der Waals surface area contributed by atoms with Crippen molar-refractivity contribution in [3.05, 3.63) is 0 Å². The van der Waals surface area contributed by atoms with Gasteiger partial charge in [-0.1, -0.05) is 20.8 Å². The first kappa shape index (κ1) is 15.4. The monoisotopic (exact) mass is 276 g/mol. The fraction of sp³-hybridized carbons (Fsp3) is 0.909. The molecule has 1 fully saturated rings. The molecule has 0 unspecified atom stereocenters. The molecule has 0 spiro atoms. The van der Waals surface area contributed by atoms with Gasteiger partial charge < -0.3 is 5.73 Å². The standard InChI is InChI=1S/C11H24N4O2S/c1-9-4-6-15(7-5-9)18(16,17)14-8-11(2,3)10(12)13/h9,14H,4-8H2,1-3H3,(H3,12,13). The second-order valence-corrected chi connectivity index (χ2v) is 7.46. The minimum atomic E-state index is -3.44. The van der Waals surface area contributed by atoms with Crippen LogP contribution in [0.25, 0.3) is 0 Å². The lowest BCUT2D eigenvalue weighted by Gasteiger charge is -2.31. The summed E-state index contributed by atoms with van der Waals surface area (Å²) in [4.78, 5) is 0. The summed E-state index contributed by atoms with van der Waals surface area (Å²) >= 11 is 0. The number of nitrogens with zero attached hydrogens (tertiary/aromatic N) is 1. The van der Waals surface area contributed by atoms with Crippen molar-refractivity contribution in [1.82, 2.24) is 9.03 Å². The van der Waals surface area contributed by atoms with Crippen molar-refractivity contribution < 1.29 is 8.42 Å². The van der Waals surface area contributed by atoms with Crippen molar-refractivity contribution in [2.45, 2.75) is 33.6 Å². The molecule has 4 N–H and O–H groups in total. The molecule has 106 valence electrons. The van der Waals surface area contributed by atoms with Gasteiger partial charge in [0.05, 0.1) is 5.84 Å². The van der Waals surface area contributed by atoms with Crippen LogP contribution >= 0.6 is 0 Å². The number of nitrogens with two attached hydrogens (primary N) is 1. The van der Waals surface area contributed by atoms with Crippen molar-refractivity contribution in [3.63, 3.8) is 0 Å². The first-order chi connectivity index (χ1) is 8.15. The molecule has 1 heterocycles. The molecule has 7 heteroatoms. The molecule has 0 bridgehead atoms. The molecule has 1 rings (SSSR count). The van der Waals surface area contributed by atoms with E-state index < -0.39 is 15.6 Å². The zero-order valence-electron chi connectivity index (χ0n) is 11.4. The van der Waals surface area contributed by atoms with Gasteiger partial charge in [0, 0.05) is 25.0 Å². The summed E-state index contributed by atoms with van der Waals surface area (Å²) in [5.41, 5.74) is 4.77. The molecular weight excluding hydrogens is 252 g/mol. The molecule has 1 saturated heterocycles. The minimum Gasteiger partial charge on any atom is -0.387 e. The van der Waals surface area contributed by atoms with Gasteiger partial charge in [-0.05, 0) is 18.8 Å². The molecule has 0 aromatic heterocycles. The Labute approximate surface area is 110 Å². The van der Waals surface area contributed by atoms with Crippen LogP contribution in [0.2, 0.25) is 0 Å². The first-order valence-electron chi connectivity index (χ1n) is 6.24. The number of amidine groups is 1. The van der Waals surface area contributed by atoms with E-state index in [1.54, 1.807) is 13.8 Å². The second-order valence-electron chi connectivity index (χ2n) is 5.71. The third kappa shape index (κ3) is 3.93. The van der Waals surface area contributed by atoms with Crippen LogP contribution in [0, 0.1) is 16.7 Å². The average Bonchev–Trinajstić information content (AvgIpc) is 2.27. The smallest absolute Gasteiger partial charge is 0.279 e. The predicted molar refractivity (Wildman–Crippen MR) is 72.6 cm³/mol. The molecule has 0 saturated carbocycles. The Balaban J connectivity index is 2.58. The molecular formula is C11H24N4O2S. The number of hydrogen-bond donors (Lipinski definition) is 3. The van der Waals surface area contributed by atoms with Crippen molar-refractivity contribution >= 4 is 16.0 Å². The third-order valence-corrected chi connectivity index (χ3v) is 5.06. The number of hydrogen-bond acceptors (Lipinski definition) is 3. The molecule has 18 heavy (non-hydrogen) atoms. The van der Waals surface area contributed by atoms with Gasteiger partial charge in [-0.2, -0.15) is 12.7 Å². The number of nitrogens with one attached hydrogen (secondary N) is 2. The highest BCUT2D eigenvalue weighted by Crippen LogP contribution is 2.19. The molecule has 1 aliphatic heterocycles. The van der Waals surface area contributed by atoms with E-state index in [-0.39, 0.29) is 12.4 Å². The largest absolute Gasteiger partial charge is 0.387 e. The fourth-order valence-corrected chi connectivity index (χ4v) is 3.10. The maximum Gasteiger partial charge on any atom is 0.279 e. The zero-order chi connectivity index (χ0) is 14.0. The Morgan fingerprint density at radius 2 is 1.94 bits per heavy atom. The van der Waals surface area contributed by atoms with Gasteiger partial charge in [0.1, 0.15) is 0 Å². The molecule has 0 aromatic rings. The quantitative estimate of drug-likeness (QED) is 0.504. The van der Waals surface area contributed by atoms with E-state index in [0.29, 0.717) is 19.0 Å². The molecule has 6 nitrogen and oxygen atoms in total. The van der Waals surface area contributed by atoms with Gasteiger partial charge in [-0.15, -0.1) is 0 Å². The van der Waals surface area contributed by atoms with Crippen LogP contribution in [0.5, 0.6) is 0 Å². The van der Waals surface area contributed by atoms with Crippen molar-refractivity contribution in [1.29, 1.82) is 5.41 Å². The van der Waals surface area contributed by atoms with Gasteiger partial charge >= 0.3 is 0 Å². The van der Waals surface area contributed by atoms with E-state index in [1.807, 2.05) is 0 Å². The average molecular weight is 276 g/mol. The van der Waals surface area contributed by atoms with E-state index in [4.69, 9.17) is 11.1 Å². The molecule has 0 radical (unpaired) electrons. The van der Waals surface area contributed by atoms with Crippen LogP contribution in [0.1, 0.15) is 33.6 Å². The van der Waals surface area contributed by atoms with Crippen LogP contribution in [0.15, 0.2) is 0 Å². The minimum absolute atomic E-state index is 0.0162. The molecule has 0 amide bonds. The lowest BCUT2D eigenvalue weighted by molar-refractivity contribution is 0.283. The van der Waals surface area contributed by atoms with Crippen LogP contribution in [-0.4, -0.2) is 38.2 Å². The third-order valence-electron chi connectivity index (χ3n) is 3.51. The first-order valence-corrected chi connectivity index (χ1v) is 7.68. The fourth-order valence-electron chi connectivity index (χ4n) is 1.68. The molecule has 1 aliphatic rings. The normalized spacial score (nSPS) is 19.9. The van der Waals surface area contributed by atoms with Crippen LogP contribution in [0.3, 0.4) is 0 Å². The Bertz CT molecular complexity index is 397. The number of piperidine rings is 1. The summed E-state index contributed by atoms with van der Waals surface area (Å²) < 4.78 is 28.1. The van der Waals surface area contributed by atoms with E-state index in [2.05, 4.69) is 11.6 Å². The van der Waals surface area contributed by atoms with E-state index >= 15 is 0 Å². The highest BCUT2D eigenvalue weighted by Gasteiger charge is 2.29. The van der Waals surface area contributed by atoms with Gasteiger partial charge in [0.2, 0.25) is 0 Å². The van der Waals surface area contributed by atoms with E-state index in [1.165, 1.54) is 4.31 Å². The van der Waals surface area contributed by atoms with Gasteiger partial charge in [-0.3, -0.25) is 5.41 Å². The SMILES string of the molecule is CC1CCN(S(=O)(=O)NCC(C)(C)C(=N)N)CC1. The number of rotatable bonds is 5. The van der Waals surface area contributed by atoms with Crippen molar-refractivity contribution in [3.8, 4) is 0 Å². The topological polar surface area (TPSA) is 99.3 Å². The summed E-state index contributed by atoms with van der Waals surface area (Å²) in [6.07, 6.45) is 1.80. The molecule has 0 atom stereocenters. The van der Waals surface area contributed by atoms with Crippen LogP contribution in [-0.2, 0) is 10.2 Å². The Hall–Kier alpha value is -0.660. The lowest BCUT2D eigenvalue weighted by Crippen LogP contribution is -2.49. The lowest BCUT2D eigenvalue weighted by atomic mass is 9.93. The van der Waals surface area contributed by atoms with Gasteiger partial charge in [-0.25, -0.2) is 4.72 Å². The Morgan fingerprint density at radius 3 is 2.39 bits per heavy atom. The summed E-state index contributed by atoms with van der Waals surface area (Å²) in [6, 6.07) is 0. The van der Waals surface area contributed by atoms with Crippen LogP contribution < -0.4 is 10.5 Å². The maximum absolute atomic E-state index is 12.1. The zero-order valence-corrected chi connectivity index (χ0v) is 12.2. The summed E-state index contributed by atoms with van der Waals surface area (Å²) in [5.74, 6) is 0.572. The Morgan fingerprint density at radius 1 is 1.44 bits per heavy atom. The Kier molecular flexibility index (Phi) is 4.74. The van der Waals surface area contributed by atoms with Gasteiger partial charge in [0.15, 0.2) is 0 Å². The maximum atomic E-state index is 12.1. The van der Waals surface area contributed by atoms with E-state index in [0.717, 1.165) is 12.8 Å². The van der Waals surface area contributed by atoms with Crippen molar-refractivity contribution in [2.24, 2.45) is 17.1 Å². The summed E-state index contributed by atoms with van der Waals surface area (Å²) in [6.45, 7) is 6.91. The molecule has 0 aromatic carbocycles. The molecule has 0 aliphatic carbocycles. The van der Waals surface area contributed by atoms with E-state index in [9.17, 15) is 8.42 Å². The highest BCUT2D eigenvalue weighted by molar-refractivity contribution is 7.87. The predicted octanol–water partition coefficient (Wildman–Crippen LogP) is 0.515. The second kappa shape index (κ2) is 5.54. The highest BCUT2D eigenvalue weighted by atomic mass is 32.2.